The Morgan fingerprint density at radius 2 is 2.06 bits per heavy atom. The summed E-state index contributed by atoms with van der Waals surface area (Å²) < 4.78 is 5.62. The number of nitrogens with one attached hydrogen (secondary N) is 3. The van der Waals surface area contributed by atoms with Crippen LogP contribution in [0.15, 0.2) is 42.5 Å². The number of aryl methyl sites for hydroxylation is 1. The molecule has 8 heteroatoms. The van der Waals surface area contributed by atoms with Gasteiger partial charge in [-0.3, -0.25) is 4.79 Å². The lowest BCUT2D eigenvalue weighted by molar-refractivity contribution is 0.0821. The molecule has 1 unspecified atom stereocenters. The first-order valence-electron chi connectivity index (χ1n) is 12.5. The second-order valence-corrected chi connectivity index (χ2v) is 10.9. The topological polar surface area (TPSA) is 78.3 Å². The van der Waals surface area contributed by atoms with Crippen LogP contribution in [-0.2, 0) is 12.8 Å². The third kappa shape index (κ3) is 5.19. The van der Waals surface area contributed by atoms with Gasteiger partial charge in [0.15, 0.2) is 0 Å². The molecule has 2 heterocycles. The average molecular weight is 513 g/mol. The number of nitrogens with zero attached hydrogens (tertiary/aromatic N) is 1. The van der Waals surface area contributed by atoms with Crippen LogP contribution in [0.5, 0.6) is 0 Å². The highest BCUT2D eigenvalue weighted by atomic mass is 35.5. The minimum absolute atomic E-state index is 0.141. The Bertz CT molecular complexity index is 1230. The zero-order valence-corrected chi connectivity index (χ0v) is 21.8. The molecule has 0 saturated heterocycles. The number of aliphatic hydroxyl groups is 1. The maximum atomic E-state index is 13.8. The van der Waals surface area contributed by atoms with Crippen molar-refractivity contribution in [3.8, 4) is 0 Å². The van der Waals surface area contributed by atoms with Gasteiger partial charge in [-0.2, -0.15) is 0 Å². The van der Waals surface area contributed by atoms with Crippen LogP contribution in [0.3, 0.4) is 0 Å². The van der Waals surface area contributed by atoms with Gasteiger partial charge in [0.2, 0.25) is 0 Å². The van der Waals surface area contributed by atoms with Crippen LogP contribution < -0.4 is 15.4 Å². The minimum atomic E-state index is -0.735. The Morgan fingerprint density at radius 1 is 1.26 bits per heavy atom. The Balaban J connectivity index is 1.48. The van der Waals surface area contributed by atoms with Gasteiger partial charge < -0.3 is 25.0 Å². The number of rotatable bonds is 9. The zero-order chi connectivity index (χ0) is 24.5. The number of hydrogen-bond donors (Lipinski definition) is 4. The van der Waals surface area contributed by atoms with Crippen LogP contribution in [0.4, 0.5) is 5.69 Å². The summed E-state index contributed by atoms with van der Waals surface area (Å²) in [4.78, 5) is 13.8. The minimum Gasteiger partial charge on any atom is -0.390 e. The third-order valence-electron chi connectivity index (χ3n) is 7.02. The van der Waals surface area contributed by atoms with E-state index in [1.54, 1.807) is 11.9 Å². The van der Waals surface area contributed by atoms with E-state index in [9.17, 15) is 9.90 Å². The molecular formula is C27H33ClN4O2S. The quantitative estimate of drug-likeness (QED) is 0.305. The fourth-order valence-electron chi connectivity index (χ4n) is 4.88. The largest absolute Gasteiger partial charge is 0.390 e. The first-order valence-corrected chi connectivity index (χ1v) is 13.8. The maximum absolute atomic E-state index is 13.8. The molecule has 1 fully saturated rings. The lowest BCUT2D eigenvalue weighted by Gasteiger charge is -2.26. The molecule has 2 aliphatic rings. The summed E-state index contributed by atoms with van der Waals surface area (Å²) in [7, 11) is 0. The van der Waals surface area contributed by atoms with Crippen molar-refractivity contribution in [1.29, 1.82) is 0 Å². The summed E-state index contributed by atoms with van der Waals surface area (Å²) in [5.41, 5.74) is 4.87. The zero-order valence-electron chi connectivity index (χ0n) is 20.2. The van der Waals surface area contributed by atoms with Crippen LogP contribution in [0, 0.1) is 0 Å². The van der Waals surface area contributed by atoms with Crippen molar-refractivity contribution in [3.63, 3.8) is 0 Å². The lowest BCUT2D eigenvalue weighted by Crippen LogP contribution is -2.49. The number of carbonyl (C=O) groups excluding carboxylic acids is 1. The van der Waals surface area contributed by atoms with Crippen molar-refractivity contribution in [2.75, 3.05) is 17.0 Å². The molecule has 1 amide bonds. The highest BCUT2D eigenvalue weighted by Crippen LogP contribution is 2.37. The second-order valence-electron chi connectivity index (χ2n) is 9.68. The monoisotopic (exact) mass is 512 g/mol. The number of hydrogen-bond acceptors (Lipinski definition) is 5. The van der Waals surface area contributed by atoms with Gasteiger partial charge in [0.25, 0.3) is 5.91 Å². The van der Waals surface area contributed by atoms with E-state index < -0.39 is 12.1 Å². The fourth-order valence-corrected chi connectivity index (χ4v) is 5.89. The standard InChI is InChI=1S/C27H33ClN4O2S/c1-3-17-8-11-22-26-20(17)13-24(32(26)16(2)15-35-31-22)27(34)30-23(25(33)14-29-19-9-10-19)12-18-6-4-5-7-21(18)28/h4-8,11,13,16,19,23,25,29,31,33H,3,9-10,12,14-15H2,1-2H3,(H,30,34)/t16?,23-,25+/m0/s1. The molecule has 1 saturated carbocycles. The van der Waals surface area contributed by atoms with Gasteiger partial charge in [0.1, 0.15) is 5.69 Å². The van der Waals surface area contributed by atoms with E-state index in [1.807, 2.05) is 30.3 Å². The van der Waals surface area contributed by atoms with E-state index in [-0.39, 0.29) is 11.9 Å². The number of amides is 1. The van der Waals surface area contributed by atoms with Gasteiger partial charge in [-0.25, -0.2) is 0 Å². The Morgan fingerprint density at radius 3 is 2.80 bits per heavy atom. The number of anilines is 1. The van der Waals surface area contributed by atoms with Crippen LogP contribution in [0.1, 0.15) is 54.3 Å². The van der Waals surface area contributed by atoms with Crippen LogP contribution in [-0.4, -0.2) is 46.1 Å². The van der Waals surface area contributed by atoms with Crippen molar-refractivity contribution in [3.05, 3.63) is 64.3 Å². The van der Waals surface area contributed by atoms with Gasteiger partial charge in [0, 0.05) is 34.8 Å². The lowest BCUT2D eigenvalue weighted by atomic mass is 10.0. The number of halogens is 1. The van der Waals surface area contributed by atoms with Gasteiger partial charge in [-0.1, -0.05) is 54.7 Å². The molecule has 3 atom stereocenters. The molecule has 5 rings (SSSR count). The molecule has 0 spiro atoms. The molecule has 186 valence electrons. The molecular weight excluding hydrogens is 480 g/mol. The summed E-state index contributed by atoms with van der Waals surface area (Å²) in [6.07, 6.45) is 2.89. The molecule has 1 aromatic heterocycles. The van der Waals surface area contributed by atoms with Gasteiger partial charge in [-0.15, -0.1) is 0 Å². The molecule has 3 aromatic rings. The van der Waals surface area contributed by atoms with Crippen LogP contribution in [0.2, 0.25) is 5.02 Å². The SMILES string of the molecule is CCc1ccc2c3c1cc(C(=O)N[C@@H](Cc1ccccc1Cl)[C@H](O)CNC1CC1)n3C(C)CSN2. The number of benzene rings is 2. The molecule has 0 bridgehead atoms. The predicted octanol–water partition coefficient (Wildman–Crippen LogP) is 4.95. The molecule has 4 N–H and O–H groups in total. The fraction of sp³-hybridized carbons (Fsp3) is 0.444. The van der Waals surface area contributed by atoms with Crippen molar-refractivity contribution < 1.29 is 9.90 Å². The summed E-state index contributed by atoms with van der Waals surface area (Å²) in [6.45, 7) is 4.72. The van der Waals surface area contributed by atoms with Gasteiger partial charge >= 0.3 is 0 Å². The smallest absolute Gasteiger partial charge is 0.268 e. The summed E-state index contributed by atoms with van der Waals surface area (Å²) >= 11 is 8.10. The van der Waals surface area contributed by atoms with Gasteiger partial charge in [0.05, 0.1) is 23.3 Å². The maximum Gasteiger partial charge on any atom is 0.268 e. The second kappa shape index (κ2) is 10.4. The molecule has 1 aliphatic carbocycles. The van der Waals surface area contributed by atoms with Gasteiger partial charge in [-0.05, 0) is 61.9 Å². The number of carbonyl (C=O) groups is 1. The van der Waals surface area contributed by atoms with Crippen molar-refractivity contribution in [2.45, 2.75) is 63.8 Å². The third-order valence-corrected chi connectivity index (χ3v) is 8.40. The number of aliphatic hydroxyl groups excluding tert-OH is 1. The van der Waals surface area contributed by atoms with E-state index in [0.717, 1.165) is 47.2 Å². The summed E-state index contributed by atoms with van der Waals surface area (Å²) in [5, 5.41) is 19.4. The number of aromatic nitrogens is 1. The highest BCUT2D eigenvalue weighted by molar-refractivity contribution is 8.00. The first kappa shape index (κ1) is 24.5. The van der Waals surface area contributed by atoms with E-state index in [1.165, 1.54) is 5.56 Å². The first-order chi connectivity index (χ1) is 17.0. The molecule has 2 aromatic carbocycles. The summed E-state index contributed by atoms with van der Waals surface area (Å²) in [6, 6.07) is 14.0. The highest BCUT2D eigenvalue weighted by Gasteiger charge is 2.30. The van der Waals surface area contributed by atoms with Crippen molar-refractivity contribution >= 4 is 46.0 Å². The Labute approximate surface area is 215 Å². The van der Waals surface area contributed by atoms with E-state index >= 15 is 0 Å². The van der Waals surface area contributed by atoms with E-state index in [0.29, 0.717) is 29.7 Å². The van der Waals surface area contributed by atoms with Crippen LogP contribution >= 0.6 is 23.5 Å². The summed E-state index contributed by atoms with van der Waals surface area (Å²) in [5.74, 6) is 0.674. The Kier molecular flexibility index (Phi) is 7.30. The van der Waals surface area contributed by atoms with E-state index in [2.05, 4.69) is 45.9 Å². The van der Waals surface area contributed by atoms with Crippen LogP contribution in [0.25, 0.3) is 10.9 Å². The van der Waals surface area contributed by atoms with Crippen molar-refractivity contribution in [2.24, 2.45) is 0 Å². The Hall–Kier alpha value is -2.19. The van der Waals surface area contributed by atoms with Crippen molar-refractivity contribution in [1.82, 2.24) is 15.2 Å². The molecule has 35 heavy (non-hydrogen) atoms. The molecule has 1 aliphatic heterocycles. The molecule has 6 nitrogen and oxygen atoms in total. The predicted molar refractivity (Wildman–Crippen MR) is 146 cm³/mol. The van der Waals surface area contributed by atoms with E-state index in [4.69, 9.17) is 11.6 Å². The normalized spacial score (nSPS) is 19.1. The average Bonchev–Trinajstić information content (AvgIpc) is 3.62. The molecule has 0 radical (unpaired) electrons.